The second-order valence-corrected chi connectivity index (χ2v) is 7.86. The lowest BCUT2D eigenvalue weighted by Crippen LogP contribution is -2.14. The zero-order valence-corrected chi connectivity index (χ0v) is 15.2. The van der Waals surface area contributed by atoms with Crippen molar-refractivity contribution in [3.8, 4) is 0 Å². The number of halogens is 1. The molecule has 0 fully saturated rings. The van der Waals surface area contributed by atoms with E-state index in [1.54, 1.807) is 12.1 Å². The Morgan fingerprint density at radius 2 is 1.76 bits per heavy atom. The predicted molar refractivity (Wildman–Crippen MR) is 97.5 cm³/mol. The SMILES string of the molecule is C=S(=O)(O/N=C(\Sc1ccc(C)cc1)C(=O)OC)c1ccc(F)cc1. The second kappa shape index (κ2) is 8.17. The number of esters is 1. The fourth-order valence-corrected chi connectivity index (χ4v) is 3.30. The van der Waals surface area contributed by atoms with E-state index < -0.39 is 21.6 Å². The van der Waals surface area contributed by atoms with Crippen molar-refractivity contribution in [2.24, 2.45) is 5.16 Å². The molecule has 1 atom stereocenters. The number of benzene rings is 2. The largest absolute Gasteiger partial charge is 0.464 e. The maximum atomic E-state index is 13.0. The molecule has 25 heavy (non-hydrogen) atoms. The van der Waals surface area contributed by atoms with Crippen molar-refractivity contribution in [1.29, 1.82) is 0 Å². The third kappa shape index (κ3) is 5.33. The van der Waals surface area contributed by atoms with E-state index in [0.717, 1.165) is 34.4 Å². The maximum absolute atomic E-state index is 13.0. The van der Waals surface area contributed by atoms with E-state index in [-0.39, 0.29) is 9.94 Å². The van der Waals surface area contributed by atoms with E-state index in [9.17, 15) is 13.4 Å². The highest BCUT2D eigenvalue weighted by atomic mass is 32.2. The summed E-state index contributed by atoms with van der Waals surface area (Å²) < 4.78 is 35.1. The minimum Gasteiger partial charge on any atom is -0.464 e. The summed E-state index contributed by atoms with van der Waals surface area (Å²) in [6, 6.07) is 12.2. The van der Waals surface area contributed by atoms with Crippen LogP contribution in [0.1, 0.15) is 5.56 Å². The Labute approximate surface area is 150 Å². The van der Waals surface area contributed by atoms with Gasteiger partial charge in [0.05, 0.1) is 12.0 Å². The van der Waals surface area contributed by atoms with Crippen molar-refractivity contribution in [3.63, 3.8) is 0 Å². The molecule has 0 aromatic heterocycles. The van der Waals surface area contributed by atoms with E-state index >= 15 is 0 Å². The Kier molecular flexibility index (Phi) is 6.22. The molecule has 0 aliphatic heterocycles. The number of hydrogen-bond donors (Lipinski definition) is 0. The van der Waals surface area contributed by atoms with Crippen LogP contribution in [0.5, 0.6) is 0 Å². The van der Waals surface area contributed by atoms with Gasteiger partial charge in [0.1, 0.15) is 5.82 Å². The van der Waals surface area contributed by atoms with Crippen LogP contribution in [0.2, 0.25) is 0 Å². The Morgan fingerprint density at radius 1 is 1.16 bits per heavy atom. The topological polar surface area (TPSA) is 65.0 Å². The number of methoxy groups -OCH3 is 1. The zero-order chi connectivity index (χ0) is 18.4. The molecule has 2 aromatic rings. The number of aryl methyl sites for hydroxylation is 1. The fourth-order valence-electron chi connectivity index (χ4n) is 1.68. The molecule has 0 bridgehead atoms. The standard InChI is InChI=1S/C17H16FNO4S2/c1-12-4-8-14(9-5-12)24-16(17(20)22-2)19-23-25(3,21)15-10-6-13(18)7-11-15/h4-11H,3H2,1-2H3/b19-16-. The van der Waals surface area contributed by atoms with Crippen LogP contribution in [0.15, 0.2) is 63.5 Å². The zero-order valence-electron chi connectivity index (χ0n) is 13.6. The van der Waals surface area contributed by atoms with Crippen LogP contribution in [-0.4, -0.2) is 28.2 Å². The first-order valence-corrected chi connectivity index (χ1v) is 9.51. The van der Waals surface area contributed by atoms with Gasteiger partial charge in [0.2, 0.25) is 5.04 Å². The highest BCUT2D eigenvalue weighted by molar-refractivity contribution is 8.15. The first-order valence-electron chi connectivity index (χ1n) is 7.04. The molecule has 1 unspecified atom stereocenters. The summed E-state index contributed by atoms with van der Waals surface area (Å²) >= 11 is 1.01. The number of rotatable bonds is 4. The molecule has 2 aromatic carbocycles. The Bertz CT molecular complexity index is 876. The van der Waals surface area contributed by atoms with Crippen LogP contribution in [0, 0.1) is 12.7 Å². The third-order valence-electron chi connectivity index (χ3n) is 3.01. The van der Waals surface area contributed by atoms with Gasteiger partial charge in [0.15, 0.2) is 9.80 Å². The van der Waals surface area contributed by atoms with E-state index in [1.807, 2.05) is 19.1 Å². The van der Waals surface area contributed by atoms with Crippen molar-refractivity contribution < 1.29 is 22.4 Å². The normalized spacial score (nSPS) is 13.8. The van der Waals surface area contributed by atoms with Gasteiger partial charge < -0.3 is 4.74 Å². The van der Waals surface area contributed by atoms with Gasteiger partial charge in [0.25, 0.3) is 0 Å². The molecular weight excluding hydrogens is 365 g/mol. The molecule has 0 N–H and O–H groups in total. The summed E-state index contributed by atoms with van der Waals surface area (Å²) in [5, 5.41) is 3.52. The molecule has 132 valence electrons. The minimum atomic E-state index is -3.29. The molecule has 0 aliphatic rings. The average molecular weight is 381 g/mol. The molecule has 0 saturated heterocycles. The molecule has 0 heterocycles. The van der Waals surface area contributed by atoms with Crippen LogP contribution >= 0.6 is 11.8 Å². The summed E-state index contributed by atoms with van der Waals surface area (Å²) in [6.07, 6.45) is 0. The number of nitrogens with zero attached hydrogens (tertiary/aromatic N) is 1. The lowest BCUT2D eigenvalue weighted by atomic mass is 10.2. The summed E-state index contributed by atoms with van der Waals surface area (Å²) in [5.41, 5.74) is 1.06. The summed E-state index contributed by atoms with van der Waals surface area (Å²) in [6.45, 7) is 1.94. The highest BCUT2D eigenvalue weighted by Gasteiger charge is 2.17. The van der Waals surface area contributed by atoms with Gasteiger partial charge in [-0.25, -0.2) is 13.4 Å². The monoisotopic (exact) mass is 381 g/mol. The van der Waals surface area contributed by atoms with Crippen LogP contribution in [0.3, 0.4) is 0 Å². The molecule has 0 aliphatic carbocycles. The first-order chi connectivity index (χ1) is 11.8. The Hall–Kier alpha value is -2.32. The van der Waals surface area contributed by atoms with Crippen molar-refractivity contribution in [1.82, 2.24) is 0 Å². The lowest BCUT2D eigenvalue weighted by molar-refractivity contribution is -0.132. The van der Waals surface area contributed by atoms with Crippen LogP contribution in [0.25, 0.3) is 0 Å². The van der Waals surface area contributed by atoms with Crippen molar-refractivity contribution in [2.75, 3.05) is 7.11 Å². The van der Waals surface area contributed by atoms with Crippen molar-refractivity contribution in [3.05, 3.63) is 59.9 Å². The van der Waals surface area contributed by atoms with Gasteiger partial charge in [-0.3, -0.25) is 4.28 Å². The average Bonchev–Trinajstić information content (AvgIpc) is 2.60. The molecule has 5 nitrogen and oxygen atoms in total. The molecule has 0 spiro atoms. The smallest absolute Gasteiger partial charge is 0.367 e. The second-order valence-electron chi connectivity index (χ2n) is 4.95. The van der Waals surface area contributed by atoms with Gasteiger partial charge in [0, 0.05) is 4.90 Å². The Balaban J connectivity index is 2.23. The Morgan fingerprint density at radius 3 is 2.32 bits per heavy atom. The number of hydrogen-bond acceptors (Lipinski definition) is 6. The molecule has 0 amide bonds. The van der Waals surface area contributed by atoms with Crippen molar-refractivity contribution >= 4 is 38.4 Å². The third-order valence-corrected chi connectivity index (χ3v) is 5.26. The summed E-state index contributed by atoms with van der Waals surface area (Å²) in [5.74, 6) is 2.25. The number of carbonyl (C=O) groups excluding carboxylic acids is 1. The van der Waals surface area contributed by atoms with Gasteiger partial charge in [-0.1, -0.05) is 34.6 Å². The van der Waals surface area contributed by atoms with E-state index in [2.05, 4.69) is 15.8 Å². The van der Waals surface area contributed by atoms with E-state index in [4.69, 9.17) is 4.28 Å². The van der Waals surface area contributed by atoms with E-state index in [0.29, 0.717) is 0 Å². The van der Waals surface area contributed by atoms with Gasteiger partial charge in [-0.05, 0) is 49.2 Å². The van der Waals surface area contributed by atoms with Gasteiger partial charge in [-0.2, -0.15) is 0 Å². The fraction of sp³-hybridized carbons (Fsp3) is 0.118. The lowest BCUT2D eigenvalue weighted by Gasteiger charge is -2.08. The van der Waals surface area contributed by atoms with Gasteiger partial charge in [-0.15, -0.1) is 0 Å². The maximum Gasteiger partial charge on any atom is 0.367 e. The van der Waals surface area contributed by atoms with Gasteiger partial charge >= 0.3 is 5.97 Å². The van der Waals surface area contributed by atoms with E-state index in [1.165, 1.54) is 19.2 Å². The quantitative estimate of drug-likeness (QED) is 0.203. The summed E-state index contributed by atoms with van der Waals surface area (Å²) in [7, 11) is -2.08. The predicted octanol–water partition coefficient (Wildman–Crippen LogP) is 3.42. The van der Waals surface area contributed by atoms with Crippen LogP contribution < -0.4 is 0 Å². The highest BCUT2D eigenvalue weighted by Crippen LogP contribution is 2.22. The molecule has 0 radical (unpaired) electrons. The first kappa shape index (κ1) is 19.0. The molecular formula is C17H16FNO4S2. The molecule has 2 rings (SSSR count). The number of thioether (sulfide) groups is 1. The minimum absolute atomic E-state index is 0.134. The number of oxime groups is 1. The number of ether oxygens (including phenoxy) is 1. The van der Waals surface area contributed by atoms with Crippen molar-refractivity contribution in [2.45, 2.75) is 16.7 Å². The summed E-state index contributed by atoms with van der Waals surface area (Å²) in [4.78, 5) is 12.8. The molecule has 8 heteroatoms. The van der Waals surface area contributed by atoms with Crippen LogP contribution in [0.4, 0.5) is 4.39 Å². The molecule has 0 saturated carbocycles. The number of carbonyl (C=O) groups is 1. The van der Waals surface area contributed by atoms with Crippen LogP contribution in [-0.2, 0) is 23.6 Å².